The molecule has 8 nitrogen and oxygen atoms in total. The zero-order chi connectivity index (χ0) is 20.4. The van der Waals surface area contributed by atoms with Gasteiger partial charge in [0.15, 0.2) is 17.0 Å². The molecule has 1 N–H and O–H groups in total. The van der Waals surface area contributed by atoms with Crippen LogP contribution in [0.25, 0.3) is 11.2 Å². The number of hydrogen-bond donors (Lipinski definition) is 1. The van der Waals surface area contributed by atoms with Crippen molar-refractivity contribution in [1.82, 2.24) is 29.3 Å². The molecule has 0 bridgehead atoms. The molecule has 0 radical (unpaired) electrons. The van der Waals surface area contributed by atoms with E-state index in [4.69, 9.17) is 0 Å². The average molecular weight is 396 g/mol. The summed E-state index contributed by atoms with van der Waals surface area (Å²) in [7, 11) is 6.15. The van der Waals surface area contributed by atoms with Crippen LogP contribution in [0.15, 0.2) is 43.0 Å². The standard InChI is InChI=1S/C21H29N7O/c1-25(2)11-17(13-29)28-15-24-19-20(22-14-23-21(19)28)27-10-9-26(3)12-18(27)16-7-5-4-6-8-16/h4-8,14-15,17-18,29H,9-13H2,1-3H3. The summed E-state index contributed by atoms with van der Waals surface area (Å²) in [6, 6.07) is 10.7. The molecule has 1 aliphatic rings. The van der Waals surface area contributed by atoms with Gasteiger partial charge in [-0.3, -0.25) is 0 Å². The maximum atomic E-state index is 9.91. The highest BCUT2D eigenvalue weighted by molar-refractivity contribution is 5.83. The number of aliphatic hydroxyl groups excluding tert-OH is 1. The first-order chi connectivity index (χ1) is 14.1. The molecule has 0 amide bonds. The molecule has 2 atom stereocenters. The van der Waals surface area contributed by atoms with Crippen LogP contribution >= 0.6 is 0 Å². The molecule has 3 heterocycles. The lowest BCUT2D eigenvalue weighted by Crippen LogP contribution is -2.47. The molecule has 8 heteroatoms. The van der Waals surface area contributed by atoms with Gasteiger partial charge in [-0.15, -0.1) is 0 Å². The number of anilines is 1. The Kier molecular flexibility index (Phi) is 5.75. The Morgan fingerprint density at radius 3 is 2.66 bits per heavy atom. The van der Waals surface area contributed by atoms with Crippen molar-refractivity contribution in [2.75, 3.05) is 58.8 Å². The number of imidazole rings is 1. The summed E-state index contributed by atoms with van der Waals surface area (Å²) in [5.74, 6) is 0.859. The minimum absolute atomic E-state index is 0.0319. The van der Waals surface area contributed by atoms with E-state index in [0.717, 1.165) is 36.6 Å². The predicted molar refractivity (Wildman–Crippen MR) is 114 cm³/mol. The van der Waals surface area contributed by atoms with E-state index in [9.17, 15) is 5.11 Å². The molecular formula is C21H29N7O. The first-order valence-corrected chi connectivity index (χ1v) is 10.0. The lowest BCUT2D eigenvalue weighted by Gasteiger charge is -2.41. The first-order valence-electron chi connectivity index (χ1n) is 10.0. The van der Waals surface area contributed by atoms with E-state index in [2.05, 4.69) is 61.0 Å². The van der Waals surface area contributed by atoms with Crippen molar-refractivity contribution in [3.8, 4) is 0 Å². The van der Waals surface area contributed by atoms with Gasteiger partial charge in [-0.2, -0.15) is 0 Å². The van der Waals surface area contributed by atoms with Crippen LogP contribution in [-0.4, -0.2) is 88.4 Å². The molecule has 0 saturated carbocycles. The SMILES string of the molecule is CN(C)CC(CO)n1cnc2c(N3CCN(C)CC3c3ccccc3)ncnc21. The fourth-order valence-electron chi connectivity index (χ4n) is 4.11. The Morgan fingerprint density at radius 1 is 1.14 bits per heavy atom. The van der Waals surface area contributed by atoms with Crippen LogP contribution in [0.5, 0.6) is 0 Å². The average Bonchev–Trinajstić information content (AvgIpc) is 3.17. The fourth-order valence-corrected chi connectivity index (χ4v) is 4.11. The van der Waals surface area contributed by atoms with Gasteiger partial charge in [0.2, 0.25) is 0 Å². The predicted octanol–water partition coefficient (Wildman–Crippen LogP) is 1.41. The topological polar surface area (TPSA) is 73.6 Å². The molecule has 1 fully saturated rings. The lowest BCUT2D eigenvalue weighted by atomic mass is 10.0. The molecule has 0 spiro atoms. The number of benzene rings is 1. The van der Waals surface area contributed by atoms with Crippen molar-refractivity contribution in [3.05, 3.63) is 48.5 Å². The Balaban J connectivity index is 1.75. The summed E-state index contributed by atoms with van der Waals surface area (Å²) < 4.78 is 1.97. The highest BCUT2D eigenvalue weighted by Gasteiger charge is 2.30. The highest BCUT2D eigenvalue weighted by Crippen LogP contribution is 2.32. The molecule has 154 valence electrons. The molecule has 2 unspecified atom stereocenters. The van der Waals surface area contributed by atoms with Gasteiger partial charge in [-0.25, -0.2) is 15.0 Å². The van der Waals surface area contributed by atoms with E-state index in [1.807, 2.05) is 24.7 Å². The van der Waals surface area contributed by atoms with Gasteiger partial charge in [0, 0.05) is 26.2 Å². The van der Waals surface area contributed by atoms with E-state index >= 15 is 0 Å². The van der Waals surface area contributed by atoms with Crippen molar-refractivity contribution in [1.29, 1.82) is 0 Å². The van der Waals surface area contributed by atoms with E-state index < -0.39 is 0 Å². The van der Waals surface area contributed by atoms with Gasteiger partial charge in [-0.1, -0.05) is 30.3 Å². The van der Waals surface area contributed by atoms with Gasteiger partial charge < -0.3 is 24.4 Å². The number of rotatable bonds is 6. The second-order valence-corrected chi connectivity index (χ2v) is 8.00. The smallest absolute Gasteiger partial charge is 0.165 e. The zero-order valence-corrected chi connectivity index (χ0v) is 17.3. The Bertz CT molecular complexity index is 943. The number of piperazine rings is 1. The van der Waals surface area contributed by atoms with E-state index in [1.54, 1.807) is 12.7 Å². The third kappa shape index (κ3) is 3.96. The summed E-state index contributed by atoms with van der Waals surface area (Å²) in [5.41, 5.74) is 2.82. The Morgan fingerprint density at radius 2 is 1.93 bits per heavy atom. The summed E-state index contributed by atoms with van der Waals surface area (Å²) in [6.07, 6.45) is 3.39. The van der Waals surface area contributed by atoms with Crippen molar-refractivity contribution in [2.45, 2.75) is 12.1 Å². The van der Waals surface area contributed by atoms with E-state index in [1.165, 1.54) is 5.56 Å². The quantitative estimate of drug-likeness (QED) is 0.677. The molecule has 0 aliphatic carbocycles. The van der Waals surface area contributed by atoms with Crippen LogP contribution in [-0.2, 0) is 0 Å². The van der Waals surface area contributed by atoms with E-state index in [-0.39, 0.29) is 18.7 Å². The summed E-state index contributed by atoms with van der Waals surface area (Å²) in [6.45, 7) is 3.51. The zero-order valence-electron chi connectivity index (χ0n) is 17.3. The molecule has 29 heavy (non-hydrogen) atoms. The monoisotopic (exact) mass is 395 g/mol. The third-order valence-electron chi connectivity index (χ3n) is 5.56. The van der Waals surface area contributed by atoms with Gasteiger partial charge in [0.25, 0.3) is 0 Å². The summed E-state index contributed by atoms with van der Waals surface area (Å²) in [5, 5.41) is 9.91. The molecule has 1 aromatic carbocycles. The van der Waals surface area contributed by atoms with Gasteiger partial charge in [0.05, 0.1) is 25.0 Å². The number of aliphatic hydroxyl groups is 1. The normalized spacial score (nSPS) is 19.2. The molecule has 2 aromatic heterocycles. The fraction of sp³-hybridized carbons (Fsp3) is 0.476. The minimum atomic E-state index is -0.102. The Hall–Kier alpha value is -2.55. The van der Waals surface area contributed by atoms with Crippen molar-refractivity contribution in [2.24, 2.45) is 0 Å². The molecule has 3 aromatic rings. The van der Waals surface area contributed by atoms with Crippen LogP contribution in [0.3, 0.4) is 0 Å². The van der Waals surface area contributed by atoms with Crippen LogP contribution in [0, 0.1) is 0 Å². The minimum Gasteiger partial charge on any atom is -0.394 e. The first kappa shape index (κ1) is 19.8. The summed E-state index contributed by atoms with van der Waals surface area (Å²) >= 11 is 0. The number of aromatic nitrogens is 4. The molecule has 1 saturated heterocycles. The van der Waals surface area contributed by atoms with Gasteiger partial charge in [-0.05, 0) is 26.7 Å². The number of nitrogens with zero attached hydrogens (tertiary/aromatic N) is 7. The van der Waals surface area contributed by atoms with Gasteiger partial charge in [0.1, 0.15) is 6.33 Å². The molecule has 1 aliphatic heterocycles. The van der Waals surface area contributed by atoms with Crippen molar-refractivity contribution >= 4 is 17.0 Å². The van der Waals surface area contributed by atoms with Gasteiger partial charge >= 0.3 is 0 Å². The Labute approximate surface area is 171 Å². The maximum Gasteiger partial charge on any atom is 0.165 e. The second kappa shape index (κ2) is 8.44. The van der Waals surface area contributed by atoms with Crippen LogP contribution in [0.4, 0.5) is 5.82 Å². The summed E-state index contributed by atoms with van der Waals surface area (Å²) in [4.78, 5) is 20.6. The van der Waals surface area contributed by atoms with Crippen LogP contribution in [0.2, 0.25) is 0 Å². The number of hydrogen-bond acceptors (Lipinski definition) is 7. The number of likely N-dealkylation sites (N-methyl/N-ethyl adjacent to an activating group) is 2. The number of fused-ring (bicyclic) bond motifs is 1. The van der Waals surface area contributed by atoms with Crippen molar-refractivity contribution < 1.29 is 5.11 Å². The maximum absolute atomic E-state index is 9.91. The third-order valence-corrected chi connectivity index (χ3v) is 5.56. The lowest BCUT2D eigenvalue weighted by molar-refractivity contribution is 0.197. The van der Waals surface area contributed by atoms with Crippen molar-refractivity contribution in [3.63, 3.8) is 0 Å². The molecule has 4 rings (SSSR count). The second-order valence-electron chi connectivity index (χ2n) is 8.00. The van der Waals surface area contributed by atoms with Crippen LogP contribution < -0.4 is 4.90 Å². The molecular weight excluding hydrogens is 366 g/mol. The van der Waals surface area contributed by atoms with Crippen LogP contribution in [0.1, 0.15) is 17.6 Å². The highest BCUT2D eigenvalue weighted by atomic mass is 16.3. The largest absolute Gasteiger partial charge is 0.394 e. The van der Waals surface area contributed by atoms with E-state index in [0.29, 0.717) is 6.54 Å².